The first-order valence-corrected chi connectivity index (χ1v) is 11.8. The molecular weight excluding hydrogens is 475 g/mol. The SMILES string of the molecule is COC(=O)C1(C(=O)OC)C[C@H](c2ccc(F)cc2)N(C(=O)c2ccccc2)N2c3ccccc3C=C[C@H]21. The van der Waals surface area contributed by atoms with Crippen LogP contribution >= 0.6 is 0 Å². The maximum absolute atomic E-state index is 14.2. The lowest BCUT2D eigenvalue weighted by Gasteiger charge is -2.56. The van der Waals surface area contributed by atoms with E-state index in [-0.39, 0.29) is 12.3 Å². The largest absolute Gasteiger partial charge is 0.468 e. The van der Waals surface area contributed by atoms with Crippen LogP contribution in [0.3, 0.4) is 0 Å². The van der Waals surface area contributed by atoms with Crippen LogP contribution in [-0.2, 0) is 19.1 Å². The molecule has 2 heterocycles. The predicted octanol–water partition coefficient (Wildman–Crippen LogP) is 4.56. The number of amides is 1. The summed E-state index contributed by atoms with van der Waals surface area (Å²) >= 11 is 0. The van der Waals surface area contributed by atoms with Crippen molar-refractivity contribution in [2.75, 3.05) is 19.2 Å². The molecule has 0 bridgehead atoms. The van der Waals surface area contributed by atoms with E-state index < -0.39 is 35.3 Å². The van der Waals surface area contributed by atoms with E-state index in [2.05, 4.69) is 0 Å². The summed E-state index contributed by atoms with van der Waals surface area (Å²) in [5, 5.41) is 3.23. The lowest BCUT2D eigenvalue weighted by atomic mass is 9.70. The number of esters is 2. The smallest absolute Gasteiger partial charge is 0.325 e. The van der Waals surface area contributed by atoms with Gasteiger partial charge in [0.05, 0.1) is 32.0 Å². The van der Waals surface area contributed by atoms with Crippen molar-refractivity contribution in [3.05, 3.63) is 107 Å². The topological polar surface area (TPSA) is 76.2 Å². The van der Waals surface area contributed by atoms with Gasteiger partial charge in [0.2, 0.25) is 0 Å². The Kier molecular flexibility index (Phi) is 6.25. The highest BCUT2D eigenvalue weighted by atomic mass is 19.1. The molecule has 1 saturated heterocycles. The Morgan fingerprint density at radius 2 is 1.49 bits per heavy atom. The van der Waals surface area contributed by atoms with Crippen molar-refractivity contribution in [3.8, 4) is 0 Å². The molecule has 2 atom stereocenters. The van der Waals surface area contributed by atoms with Gasteiger partial charge >= 0.3 is 11.9 Å². The molecule has 1 fully saturated rings. The molecule has 0 aliphatic carbocycles. The number of fused-ring (bicyclic) bond motifs is 3. The lowest BCUT2D eigenvalue weighted by molar-refractivity contribution is -0.175. The van der Waals surface area contributed by atoms with Gasteiger partial charge in [-0.3, -0.25) is 19.4 Å². The van der Waals surface area contributed by atoms with Gasteiger partial charge in [-0.05, 0) is 41.5 Å². The zero-order chi connectivity index (χ0) is 26.2. The second-order valence-corrected chi connectivity index (χ2v) is 8.95. The average Bonchev–Trinajstić information content (AvgIpc) is 2.95. The van der Waals surface area contributed by atoms with Crippen LogP contribution in [-0.4, -0.2) is 43.1 Å². The maximum Gasteiger partial charge on any atom is 0.325 e. The molecular formula is C29H25FN2O5. The van der Waals surface area contributed by atoms with Crippen LogP contribution in [0.25, 0.3) is 6.08 Å². The van der Waals surface area contributed by atoms with Gasteiger partial charge in [0.1, 0.15) is 5.82 Å². The first-order valence-electron chi connectivity index (χ1n) is 11.8. The number of anilines is 1. The number of carbonyl (C=O) groups excluding carboxylic acids is 3. The fraction of sp³-hybridized carbons (Fsp3) is 0.207. The molecule has 3 aromatic rings. The molecule has 3 aromatic carbocycles. The zero-order valence-corrected chi connectivity index (χ0v) is 20.3. The van der Waals surface area contributed by atoms with E-state index in [1.165, 1.54) is 26.4 Å². The molecule has 2 aliphatic heterocycles. The third-order valence-electron chi connectivity index (χ3n) is 7.04. The summed E-state index contributed by atoms with van der Waals surface area (Å²) in [5.74, 6) is -2.35. The molecule has 1 amide bonds. The Morgan fingerprint density at radius 1 is 0.865 bits per heavy atom. The van der Waals surface area contributed by atoms with Gasteiger partial charge in [0.25, 0.3) is 5.91 Å². The summed E-state index contributed by atoms with van der Waals surface area (Å²) in [5.41, 5.74) is 0.591. The Balaban J connectivity index is 1.80. The maximum atomic E-state index is 14.2. The summed E-state index contributed by atoms with van der Waals surface area (Å²) in [6.07, 6.45) is 3.41. The molecule has 0 aromatic heterocycles. The van der Waals surface area contributed by atoms with E-state index in [4.69, 9.17) is 9.47 Å². The third kappa shape index (κ3) is 3.85. The number of hydrogen-bond donors (Lipinski definition) is 0. The standard InChI is InChI=1S/C29H25FN2O5/c1-36-27(34)29(28(35)37-2)18-24(20-12-15-22(30)16-13-20)32(26(33)21-9-4-3-5-10-21)31-23-11-7-6-8-19(23)14-17-25(29)31/h3-17,24-25H,18H2,1-2H3/t24-,25+/m1/s1. The molecule has 0 unspecified atom stereocenters. The van der Waals surface area contributed by atoms with Gasteiger partial charge in [0, 0.05) is 12.0 Å². The number of hydrogen-bond acceptors (Lipinski definition) is 6. The predicted molar refractivity (Wildman–Crippen MR) is 135 cm³/mol. The fourth-order valence-electron chi connectivity index (χ4n) is 5.30. The Bertz CT molecular complexity index is 1360. The van der Waals surface area contributed by atoms with Crippen molar-refractivity contribution < 1.29 is 28.2 Å². The van der Waals surface area contributed by atoms with Crippen molar-refractivity contribution in [2.45, 2.75) is 18.5 Å². The number of ether oxygens (including phenoxy) is 2. The molecule has 0 spiro atoms. The molecule has 188 valence electrons. The molecule has 37 heavy (non-hydrogen) atoms. The highest BCUT2D eigenvalue weighted by Gasteiger charge is 2.63. The van der Waals surface area contributed by atoms with Crippen molar-refractivity contribution in [1.82, 2.24) is 5.01 Å². The Hall–Kier alpha value is -4.46. The van der Waals surface area contributed by atoms with Crippen molar-refractivity contribution >= 4 is 29.6 Å². The van der Waals surface area contributed by atoms with Crippen molar-refractivity contribution in [3.63, 3.8) is 0 Å². The average molecular weight is 501 g/mol. The zero-order valence-electron chi connectivity index (χ0n) is 20.3. The second-order valence-electron chi connectivity index (χ2n) is 8.95. The molecule has 0 saturated carbocycles. The van der Waals surface area contributed by atoms with Crippen LogP contribution in [0.2, 0.25) is 0 Å². The van der Waals surface area contributed by atoms with Crippen molar-refractivity contribution in [2.24, 2.45) is 5.41 Å². The van der Waals surface area contributed by atoms with E-state index >= 15 is 0 Å². The number of halogens is 1. The van der Waals surface area contributed by atoms with Crippen LogP contribution in [0, 0.1) is 11.2 Å². The van der Waals surface area contributed by atoms with Gasteiger partial charge in [0.15, 0.2) is 5.41 Å². The summed E-state index contributed by atoms with van der Waals surface area (Å²) < 4.78 is 24.3. The number of benzene rings is 3. The van der Waals surface area contributed by atoms with Crippen LogP contribution < -0.4 is 5.01 Å². The van der Waals surface area contributed by atoms with E-state index in [1.807, 2.05) is 36.4 Å². The fourth-order valence-corrected chi connectivity index (χ4v) is 5.30. The van der Waals surface area contributed by atoms with E-state index in [9.17, 15) is 18.8 Å². The van der Waals surface area contributed by atoms with E-state index in [0.717, 1.165) is 5.56 Å². The van der Waals surface area contributed by atoms with Gasteiger partial charge in [-0.15, -0.1) is 0 Å². The summed E-state index contributed by atoms with van der Waals surface area (Å²) in [4.78, 5) is 41.1. The lowest BCUT2D eigenvalue weighted by Crippen LogP contribution is -2.68. The Labute approximate surface area is 213 Å². The highest BCUT2D eigenvalue weighted by Crippen LogP contribution is 2.51. The quantitative estimate of drug-likeness (QED) is 0.386. The number of nitrogens with zero attached hydrogens (tertiary/aromatic N) is 2. The van der Waals surface area contributed by atoms with Crippen LogP contribution in [0.1, 0.15) is 33.9 Å². The molecule has 8 heteroatoms. The Morgan fingerprint density at radius 3 is 2.14 bits per heavy atom. The van der Waals surface area contributed by atoms with Gasteiger partial charge < -0.3 is 9.47 Å². The number of hydrazine groups is 1. The first-order chi connectivity index (χ1) is 17.9. The third-order valence-corrected chi connectivity index (χ3v) is 7.04. The monoisotopic (exact) mass is 500 g/mol. The number of rotatable bonds is 4. The summed E-state index contributed by atoms with van der Waals surface area (Å²) in [6, 6.07) is 20.0. The highest BCUT2D eigenvalue weighted by molar-refractivity contribution is 6.04. The van der Waals surface area contributed by atoms with E-state index in [1.54, 1.807) is 52.5 Å². The second kappa shape index (κ2) is 9.54. The van der Waals surface area contributed by atoms with Crippen molar-refractivity contribution in [1.29, 1.82) is 0 Å². The molecule has 5 rings (SSSR count). The number of methoxy groups -OCH3 is 2. The van der Waals surface area contributed by atoms with Gasteiger partial charge in [-0.2, -0.15) is 0 Å². The van der Waals surface area contributed by atoms with Gasteiger partial charge in [-0.25, -0.2) is 9.40 Å². The summed E-state index contributed by atoms with van der Waals surface area (Å²) in [7, 11) is 2.43. The molecule has 2 aliphatic rings. The van der Waals surface area contributed by atoms with Gasteiger partial charge in [-0.1, -0.05) is 60.7 Å². The molecule has 0 N–H and O–H groups in total. The number of para-hydroxylation sites is 1. The van der Waals surface area contributed by atoms with Crippen LogP contribution in [0.15, 0.2) is 84.9 Å². The summed E-state index contributed by atoms with van der Waals surface area (Å²) in [6.45, 7) is 0. The minimum atomic E-state index is -1.81. The number of carbonyl (C=O) groups is 3. The van der Waals surface area contributed by atoms with E-state index in [0.29, 0.717) is 16.8 Å². The van der Waals surface area contributed by atoms with Crippen LogP contribution in [0.4, 0.5) is 10.1 Å². The minimum Gasteiger partial charge on any atom is -0.468 e. The molecule has 7 nitrogen and oxygen atoms in total. The minimum absolute atomic E-state index is 0.135. The molecule has 0 radical (unpaired) electrons. The van der Waals surface area contributed by atoms with Crippen LogP contribution in [0.5, 0.6) is 0 Å². The normalized spacial score (nSPS) is 19.4. The first kappa shape index (κ1) is 24.2.